The Labute approximate surface area is 198 Å². The van der Waals surface area contributed by atoms with Crippen LogP contribution in [-0.4, -0.2) is 85.5 Å². The van der Waals surface area contributed by atoms with Gasteiger partial charge in [0.2, 0.25) is 21.8 Å². The molecule has 0 aromatic heterocycles. The normalized spacial score (nSPS) is 23.6. The van der Waals surface area contributed by atoms with Crippen molar-refractivity contribution in [1.82, 2.24) is 14.1 Å². The molecule has 1 aromatic carbocycles. The van der Waals surface area contributed by atoms with Gasteiger partial charge < -0.3 is 9.64 Å². The Morgan fingerprint density at radius 3 is 2.09 bits per heavy atom. The van der Waals surface area contributed by atoms with Gasteiger partial charge in [0.1, 0.15) is 0 Å². The minimum Gasteiger partial charge on any atom is -0.456 e. The third kappa shape index (κ3) is 5.00. The summed E-state index contributed by atoms with van der Waals surface area (Å²) < 4.78 is 31.8. The monoisotopic (exact) mass is 491 g/mol. The van der Waals surface area contributed by atoms with Crippen molar-refractivity contribution in [2.75, 3.05) is 39.3 Å². The van der Waals surface area contributed by atoms with E-state index in [1.165, 1.54) is 21.3 Å². The van der Waals surface area contributed by atoms with Crippen LogP contribution in [-0.2, 0) is 33.9 Å². The number of piperazine rings is 1. The molecular formula is C23H29N3O7S. The molecule has 34 heavy (non-hydrogen) atoms. The standard InChI is InChI=1S/C23H29N3O7S/c27-20(24-12-14-25(15-13-24)34(31,32)17-6-2-1-3-7-17)16-33-21(28)10-11-26-22(29)18-8-4-5-9-19(18)23(26)30/h1-3,6-7,18-19H,4-5,8-16H2. The zero-order chi connectivity index (χ0) is 24.3. The topological polar surface area (TPSA) is 121 Å². The molecule has 2 unspecified atom stereocenters. The van der Waals surface area contributed by atoms with E-state index in [4.69, 9.17) is 4.74 Å². The lowest BCUT2D eigenvalue weighted by atomic mass is 9.81. The molecule has 0 bridgehead atoms. The summed E-state index contributed by atoms with van der Waals surface area (Å²) in [6, 6.07) is 8.12. The Hall–Kier alpha value is -2.79. The first-order valence-corrected chi connectivity index (χ1v) is 13.1. The summed E-state index contributed by atoms with van der Waals surface area (Å²) in [4.78, 5) is 52.3. The summed E-state index contributed by atoms with van der Waals surface area (Å²) in [5.74, 6) is -2.01. The minimum absolute atomic E-state index is 0.0340. The van der Waals surface area contributed by atoms with E-state index >= 15 is 0 Å². The van der Waals surface area contributed by atoms with Crippen LogP contribution in [0.15, 0.2) is 35.2 Å². The number of carbonyl (C=O) groups excluding carboxylic acids is 4. The van der Waals surface area contributed by atoms with Gasteiger partial charge in [-0.1, -0.05) is 31.0 Å². The minimum atomic E-state index is -3.62. The van der Waals surface area contributed by atoms with Crippen LogP contribution < -0.4 is 0 Å². The number of benzene rings is 1. The highest BCUT2D eigenvalue weighted by Gasteiger charge is 2.47. The van der Waals surface area contributed by atoms with Crippen LogP contribution in [0.3, 0.4) is 0 Å². The molecule has 1 aromatic rings. The van der Waals surface area contributed by atoms with E-state index in [0.717, 1.165) is 17.7 Å². The summed E-state index contributed by atoms with van der Waals surface area (Å²) in [6.45, 7) is 0.200. The number of ether oxygens (including phenoxy) is 1. The quantitative estimate of drug-likeness (QED) is 0.405. The van der Waals surface area contributed by atoms with Gasteiger partial charge in [0, 0.05) is 32.7 Å². The van der Waals surface area contributed by atoms with Crippen molar-refractivity contribution in [3.8, 4) is 0 Å². The van der Waals surface area contributed by atoms with E-state index in [1.54, 1.807) is 18.2 Å². The molecule has 3 aliphatic rings. The maximum absolute atomic E-state index is 12.7. The van der Waals surface area contributed by atoms with Crippen molar-refractivity contribution in [2.45, 2.75) is 37.0 Å². The first kappa shape index (κ1) is 24.3. The summed E-state index contributed by atoms with van der Waals surface area (Å²) in [5.41, 5.74) is 0. The SMILES string of the molecule is O=C(CCN1C(=O)C2CCCCC2C1=O)OCC(=O)N1CCN(S(=O)(=O)c2ccccc2)CC1. The van der Waals surface area contributed by atoms with Gasteiger partial charge in [0.25, 0.3) is 5.91 Å². The van der Waals surface area contributed by atoms with Gasteiger partial charge in [-0.25, -0.2) is 8.42 Å². The number of sulfonamides is 1. The summed E-state index contributed by atoms with van der Waals surface area (Å²) >= 11 is 0. The number of hydrogen-bond acceptors (Lipinski definition) is 7. The molecule has 2 aliphatic heterocycles. The van der Waals surface area contributed by atoms with E-state index in [2.05, 4.69) is 0 Å². The van der Waals surface area contributed by atoms with E-state index in [1.807, 2.05) is 0 Å². The number of esters is 1. The number of nitrogens with zero attached hydrogens (tertiary/aromatic N) is 3. The first-order valence-electron chi connectivity index (χ1n) is 11.6. The Balaban J connectivity index is 1.20. The second-order valence-corrected chi connectivity index (χ2v) is 10.8. The van der Waals surface area contributed by atoms with E-state index in [-0.39, 0.29) is 67.7 Å². The molecule has 3 fully saturated rings. The second-order valence-electron chi connectivity index (χ2n) is 8.83. The van der Waals surface area contributed by atoms with Gasteiger partial charge in [-0.15, -0.1) is 0 Å². The number of amides is 3. The first-order chi connectivity index (χ1) is 16.3. The lowest BCUT2D eigenvalue weighted by molar-refractivity contribution is -0.153. The molecule has 2 heterocycles. The van der Waals surface area contributed by atoms with Crippen molar-refractivity contribution in [3.63, 3.8) is 0 Å². The van der Waals surface area contributed by atoms with E-state index in [0.29, 0.717) is 12.8 Å². The summed E-state index contributed by atoms with van der Waals surface area (Å²) in [6.07, 6.45) is 3.14. The fourth-order valence-corrected chi connectivity index (χ4v) is 6.32. The smallest absolute Gasteiger partial charge is 0.308 e. The average molecular weight is 492 g/mol. The highest BCUT2D eigenvalue weighted by atomic mass is 32.2. The van der Waals surface area contributed by atoms with E-state index < -0.39 is 28.5 Å². The zero-order valence-corrected chi connectivity index (χ0v) is 19.7. The van der Waals surface area contributed by atoms with Crippen LogP contribution in [0.25, 0.3) is 0 Å². The Morgan fingerprint density at radius 2 is 1.50 bits per heavy atom. The predicted molar refractivity (Wildman–Crippen MR) is 120 cm³/mol. The molecule has 2 saturated heterocycles. The van der Waals surface area contributed by atoms with Crippen LogP contribution in [0.5, 0.6) is 0 Å². The lowest BCUT2D eigenvalue weighted by Crippen LogP contribution is -2.51. The largest absolute Gasteiger partial charge is 0.456 e. The van der Waals surface area contributed by atoms with Crippen LogP contribution in [0, 0.1) is 11.8 Å². The molecule has 2 atom stereocenters. The van der Waals surface area contributed by atoms with Gasteiger partial charge in [-0.2, -0.15) is 4.31 Å². The van der Waals surface area contributed by atoms with Crippen molar-refractivity contribution in [1.29, 1.82) is 0 Å². The summed E-state index contributed by atoms with van der Waals surface area (Å²) in [7, 11) is -3.62. The van der Waals surface area contributed by atoms with E-state index in [9.17, 15) is 27.6 Å². The van der Waals surface area contributed by atoms with Gasteiger partial charge in [0.05, 0.1) is 23.2 Å². The van der Waals surface area contributed by atoms with Crippen LogP contribution in [0.2, 0.25) is 0 Å². The maximum Gasteiger partial charge on any atom is 0.308 e. The molecule has 3 amide bonds. The lowest BCUT2D eigenvalue weighted by Gasteiger charge is -2.33. The number of imide groups is 1. The number of carbonyl (C=O) groups is 4. The van der Waals surface area contributed by atoms with Crippen molar-refractivity contribution < 1.29 is 32.3 Å². The molecule has 184 valence electrons. The van der Waals surface area contributed by atoms with Crippen molar-refractivity contribution in [2.24, 2.45) is 11.8 Å². The Bertz CT molecular complexity index is 1030. The number of hydrogen-bond donors (Lipinski definition) is 0. The number of rotatable bonds is 7. The van der Waals surface area contributed by atoms with Gasteiger partial charge in [0.15, 0.2) is 6.61 Å². The Kier molecular flexibility index (Phi) is 7.32. The fraction of sp³-hybridized carbons (Fsp3) is 0.565. The highest BCUT2D eigenvalue weighted by molar-refractivity contribution is 7.89. The van der Waals surface area contributed by atoms with Crippen LogP contribution in [0.1, 0.15) is 32.1 Å². The van der Waals surface area contributed by atoms with Gasteiger partial charge in [-0.05, 0) is 25.0 Å². The fourth-order valence-electron chi connectivity index (χ4n) is 4.88. The second kappa shape index (κ2) is 10.2. The van der Waals surface area contributed by atoms with Crippen LogP contribution in [0.4, 0.5) is 0 Å². The van der Waals surface area contributed by atoms with Gasteiger partial charge in [-0.3, -0.25) is 24.1 Å². The third-order valence-electron chi connectivity index (χ3n) is 6.80. The molecule has 0 N–H and O–H groups in total. The number of likely N-dealkylation sites (tertiary alicyclic amines) is 1. The summed E-state index contributed by atoms with van der Waals surface area (Å²) in [5, 5.41) is 0. The van der Waals surface area contributed by atoms with Crippen LogP contribution >= 0.6 is 0 Å². The average Bonchev–Trinajstić information content (AvgIpc) is 3.11. The van der Waals surface area contributed by atoms with Crippen molar-refractivity contribution in [3.05, 3.63) is 30.3 Å². The number of fused-ring (bicyclic) bond motifs is 1. The van der Waals surface area contributed by atoms with Crippen molar-refractivity contribution >= 4 is 33.7 Å². The highest BCUT2D eigenvalue weighted by Crippen LogP contribution is 2.38. The van der Waals surface area contributed by atoms with Gasteiger partial charge >= 0.3 is 5.97 Å². The maximum atomic E-state index is 12.7. The zero-order valence-electron chi connectivity index (χ0n) is 18.9. The molecule has 4 rings (SSSR count). The molecule has 0 radical (unpaired) electrons. The molecule has 11 heteroatoms. The molecular weight excluding hydrogens is 462 g/mol. The molecule has 10 nitrogen and oxygen atoms in total. The Morgan fingerprint density at radius 1 is 0.912 bits per heavy atom. The molecule has 0 spiro atoms. The third-order valence-corrected chi connectivity index (χ3v) is 8.71. The predicted octanol–water partition coefficient (Wildman–Crippen LogP) is 0.628. The molecule has 1 aliphatic carbocycles. The molecule has 1 saturated carbocycles.